The minimum Gasteiger partial charge on any atom is -0.478 e. The average molecular weight is 411 g/mol. The fraction of sp³-hybridized carbons (Fsp3) is 0.227. The summed E-state index contributed by atoms with van der Waals surface area (Å²) in [5.41, 5.74) is 1.70. The first-order chi connectivity index (χ1) is 13.6. The van der Waals surface area contributed by atoms with Gasteiger partial charge in [0.25, 0.3) is 0 Å². The number of aromatic carboxylic acids is 1. The highest BCUT2D eigenvalue weighted by Gasteiger charge is 2.29. The molecule has 0 fully saturated rings. The van der Waals surface area contributed by atoms with Gasteiger partial charge in [0.1, 0.15) is 5.60 Å². The molecule has 0 bridgehead atoms. The molecule has 1 heterocycles. The van der Waals surface area contributed by atoms with E-state index in [9.17, 15) is 19.5 Å². The molecule has 7 heteroatoms. The van der Waals surface area contributed by atoms with E-state index in [1.54, 1.807) is 39.0 Å². The van der Waals surface area contributed by atoms with E-state index in [1.165, 1.54) is 17.8 Å². The van der Waals surface area contributed by atoms with E-state index in [4.69, 9.17) is 4.74 Å². The number of alkyl carbamates (subject to hydrolysis) is 1. The summed E-state index contributed by atoms with van der Waals surface area (Å²) in [6.07, 6.45) is 1.26. The van der Waals surface area contributed by atoms with Gasteiger partial charge in [0.15, 0.2) is 0 Å². The second kappa shape index (κ2) is 8.13. The Morgan fingerprint density at radius 2 is 1.83 bits per heavy atom. The van der Waals surface area contributed by atoms with Crippen LogP contribution in [0.1, 0.15) is 52.6 Å². The Labute approximate surface area is 173 Å². The van der Waals surface area contributed by atoms with Gasteiger partial charge >= 0.3 is 12.1 Å². The van der Waals surface area contributed by atoms with Gasteiger partial charge in [-0.25, -0.2) is 9.59 Å². The van der Waals surface area contributed by atoms with E-state index in [0.29, 0.717) is 21.9 Å². The van der Waals surface area contributed by atoms with Crippen LogP contribution in [0.4, 0.5) is 4.79 Å². The number of carbonyl (C=O) groups is 3. The summed E-state index contributed by atoms with van der Waals surface area (Å²) in [5.74, 6) is -1.23. The Kier molecular flexibility index (Phi) is 5.79. The number of rotatable bonds is 4. The molecule has 2 N–H and O–H groups in total. The number of amides is 1. The van der Waals surface area contributed by atoms with Crippen molar-refractivity contribution in [1.29, 1.82) is 0 Å². The minimum absolute atomic E-state index is 0.132. The van der Waals surface area contributed by atoms with Crippen molar-refractivity contribution in [3.63, 3.8) is 0 Å². The summed E-state index contributed by atoms with van der Waals surface area (Å²) in [7, 11) is 0. The van der Waals surface area contributed by atoms with Crippen LogP contribution in [0.2, 0.25) is 0 Å². The number of fused-ring (bicyclic) bond motifs is 1. The maximum absolute atomic E-state index is 12.6. The van der Waals surface area contributed by atoms with Crippen LogP contribution in [-0.4, -0.2) is 28.6 Å². The molecule has 6 nitrogen and oxygen atoms in total. The highest BCUT2D eigenvalue weighted by atomic mass is 32.2. The number of hydrogen-bond acceptors (Lipinski definition) is 5. The maximum Gasteiger partial charge on any atom is 0.407 e. The van der Waals surface area contributed by atoms with Gasteiger partial charge in [0.05, 0.1) is 10.5 Å². The van der Waals surface area contributed by atoms with E-state index in [0.717, 1.165) is 11.1 Å². The van der Waals surface area contributed by atoms with Crippen LogP contribution in [0.25, 0.3) is 6.08 Å². The summed E-state index contributed by atoms with van der Waals surface area (Å²) >= 11 is 1.17. The first-order valence-corrected chi connectivity index (χ1v) is 9.82. The average Bonchev–Trinajstić information content (AvgIpc) is 2.95. The van der Waals surface area contributed by atoms with Crippen molar-refractivity contribution in [2.45, 2.75) is 37.8 Å². The van der Waals surface area contributed by atoms with Gasteiger partial charge in [0, 0.05) is 17.0 Å². The second-order valence-electron chi connectivity index (χ2n) is 7.52. The van der Waals surface area contributed by atoms with Crippen molar-refractivity contribution in [1.82, 2.24) is 5.32 Å². The summed E-state index contributed by atoms with van der Waals surface area (Å²) < 4.78 is 5.20. The quantitative estimate of drug-likeness (QED) is 0.706. The number of hydrogen-bond donors (Lipinski definition) is 2. The zero-order valence-corrected chi connectivity index (χ0v) is 17.1. The van der Waals surface area contributed by atoms with Crippen molar-refractivity contribution >= 4 is 35.7 Å². The van der Waals surface area contributed by atoms with Gasteiger partial charge in [0.2, 0.25) is 5.78 Å². The van der Waals surface area contributed by atoms with E-state index in [2.05, 4.69) is 5.32 Å². The van der Waals surface area contributed by atoms with Crippen molar-refractivity contribution in [2.75, 3.05) is 0 Å². The second-order valence-corrected chi connectivity index (χ2v) is 8.58. The first-order valence-electron chi connectivity index (χ1n) is 9.00. The number of ether oxygens (including phenoxy) is 1. The lowest BCUT2D eigenvalue weighted by atomic mass is 10.1. The Morgan fingerprint density at radius 3 is 2.45 bits per heavy atom. The van der Waals surface area contributed by atoms with Gasteiger partial charge in [-0.3, -0.25) is 4.79 Å². The highest BCUT2D eigenvalue weighted by molar-refractivity contribution is 8.05. The van der Waals surface area contributed by atoms with Gasteiger partial charge in [-0.05, 0) is 50.1 Å². The van der Waals surface area contributed by atoms with E-state index >= 15 is 0 Å². The molecule has 0 aliphatic carbocycles. The van der Waals surface area contributed by atoms with Crippen LogP contribution >= 0.6 is 11.8 Å². The number of carboxylic acids is 1. The predicted molar refractivity (Wildman–Crippen MR) is 111 cm³/mol. The largest absolute Gasteiger partial charge is 0.478 e. The standard InChI is InChI=1S/C22H21NO5S/c1-22(2,3)28-21(27)23-12-14-9-7-13(8-10-14)11-17-18(24)15-5-4-6-16(20(25)26)19(15)29-17/h4-11H,12H2,1-3H3,(H,23,27)(H,25,26)/b17-11+. The molecule has 0 spiro atoms. The smallest absolute Gasteiger partial charge is 0.407 e. The number of thioether (sulfide) groups is 1. The molecule has 1 aliphatic heterocycles. The van der Waals surface area contributed by atoms with E-state index in [-0.39, 0.29) is 11.3 Å². The molecule has 0 saturated heterocycles. The molecular formula is C22H21NO5S. The molecule has 0 unspecified atom stereocenters. The monoisotopic (exact) mass is 411 g/mol. The third kappa shape index (κ3) is 5.06. The first kappa shape index (κ1) is 20.7. The number of nitrogens with one attached hydrogen (secondary N) is 1. The maximum atomic E-state index is 12.6. The summed E-state index contributed by atoms with van der Waals surface area (Å²) in [4.78, 5) is 36.6. The highest BCUT2D eigenvalue weighted by Crippen LogP contribution is 2.42. The van der Waals surface area contributed by atoms with Crippen LogP contribution in [0.15, 0.2) is 52.3 Å². The molecule has 1 aliphatic rings. The van der Waals surface area contributed by atoms with E-state index in [1.807, 2.05) is 24.3 Å². The Bertz CT molecular complexity index is 1000. The molecule has 150 valence electrons. The lowest BCUT2D eigenvalue weighted by Crippen LogP contribution is -2.32. The third-order valence-corrected chi connectivity index (χ3v) is 5.21. The molecule has 0 saturated carbocycles. The zero-order valence-electron chi connectivity index (χ0n) is 16.3. The SMILES string of the molecule is CC(C)(C)OC(=O)NCc1ccc(/C=C2/Sc3c(C(=O)O)cccc3C2=O)cc1. The number of carboxylic acid groups (broad SMARTS) is 1. The molecular weight excluding hydrogens is 390 g/mol. The molecule has 2 aromatic rings. The van der Waals surface area contributed by atoms with Gasteiger partial charge in [-0.2, -0.15) is 0 Å². The zero-order chi connectivity index (χ0) is 21.2. The molecule has 0 aromatic heterocycles. The number of carbonyl (C=O) groups excluding carboxylic acids is 2. The van der Waals surface area contributed by atoms with Crippen molar-refractivity contribution in [2.24, 2.45) is 0 Å². The Hall–Kier alpha value is -3.06. The van der Waals surface area contributed by atoms with Crippen LogP contribution in [-0.2, 0) is 11.3 Å². The summed E-state index contributed by atoms with van der Waals surface area (Å²) in [5, 5.41) is 12.0. The van der Waals surface area contributed by atoms with Gasteiger partial charge in [-0.1, -0.05) is 42.1 Å². The molecule has 0 radical (unpaired) electrons. The third-order valence-electron chi connectivity index (χ3n) is 4.04. The number of allylic oxidation sites excluding steroid dienone is 1. The predicted octanol–water partition coefficient (Wildman–Crippen LogP) is 4.74. The van der Waals surface area contributed by atoms with Crippen LogP contribution in [0.5, 0.6) is 0 Å². The molecule has 0 atom stereocenters. The fourth-order valence-corrected chi connectivity index (χ4v) is 3.90. The number of ketones is 1. The van der Waals surface area contributed by atoms with Crippen molar-refractivity contribution < 1.29 is 24.2 Å². The van der Waals surface area contributed by atoms with Crippen LogP contribution in [0.3, 0.4) is 0 Å². The number of benzene rings is 2. The van der Waals surface area contributed by atoms with Crippen molar-refractivity contribution in [3.8, 4) is 0 Å². The minimum atomic E-state index is -1.05. The molecule has 2 aromatic carbocycles. The molecule has 3 rings (SSSR count). The van der Waals surface area contributed by atoms with E-state index < -0.39 is 17.7 Å². The van der Waals surface area contributed by atoms with Crippen LogP contribution < -0.4 is 5.32 Å². The van der Waals surface area contributed by atoms with Crippen LogP contribution in [0, 0.1) is 0 Å². The molecule has 29 heavy (non-hydrogen) atoms. The molecule has 1 amide bonds. The van der Waals surface area contributed by atoms with Gasteiger partial charge in [-0.15, -0.1) is 0 Å². The normalized spacial score (nSPS) is 14.6. The number of Topliss-reactive ketones (excluding diaryl/α,β-unsaturated/α-hetero) is 1. The lowest BCUT2D eigenvalue weighted by molar-refractivity contribution is 0.0522. The summed E-state index contributed by atoms with van der Waals surface area (Å²) in [6.45, 7) is 5.73. The Morgan fingerprint density at radius 1 is 1.14 bits per heavy atom. The fourth-order valence-electron chi connectivity index (χ4n) is 2.75. The van der Waals surface area contributed by atoms with Gasteiger partial charge < -0.3 is 15.2 Å². The van der Waals surface area contributed by atoms with Crippen molar-refractivity contribution in [3.05, 3.63) is 69.6 Å². The Balaban J connectivity index is 1.69. The topological polar surface area (TPSA) is 92.7 Å². The lowest BCUT2D eigenvalue weighted by Gasteiger charge is -2.19. The summed E-state index contributed by atoms with van der Waals surface area (Å²) in [6, 6.07) is 12.1.